The average molecular weight is 345 g/mol. The molecule has 0 aromatic heterocycles. The lowest BCUT2D eigenvalue weighted by Gasteiger charge is -2.15. The number of rotatable bonds is 4. The molecule has 0 amide bonds. The predicted molar refractivity (Wildman–Crippen MR) is 88.9 cm³/mol. The Morgan fingerprint density at radius 2 is 1.81 bits per heavy atom. The molecular weight excluding hydrogens is 328 g/mol. The second kappa shape index (κ2) is 6.76. The zero-order valence-electron chi connectivity index (χ0n) is 11.7. The number of hydrogen-bond acceptors (Lipinski definition) is 3. The molecule has 0 spiro atoms. The van der Waals surface area contributed by atoms with Crippen molar-refractivity contribution in [2.24, 2.45) is 4.99 Å². The Bertz CT molecular complexity index is 620. The van der Waals surface area contributed by atoms with Crippen LogP contribution in [0.2, 0.25) is 0 Å². The summed E-state index contributed by atoms with van der Waals surface area (Å²) in [5.74, 6) is 1.86. The highest BCUT2D eigenvalue weighted by Gasteiger charge is 2.06. The molecule has 3 rings (SSSR count). The van der Waals surface area contributed by atoms with E-state index in [2.05, 4.69) is 38.4 Å². The van der Waals surface area contributed by atoms with E-state index in [1.807, 2.05) is 36.4 Å². The average Bonchev–Trinajstić information content (AvgIpc) is 2.56. The van der Waals surface area contributed by atoms with Crippen LogP contribution in [0.1, 0.15) is 17.5 Å². The van der Waals surface area contributed by atoms with Crippen molar-refractivity contribution in [1.82, 2.24) is 5.32 Å². The lowest BCUT2D eigenvalue weighted by Crippen LogP contribution is -2.30. The first-order chi connectivity index (χ1) is 10.3. The first kappa shape index (κ1) is 14.1. The fraction of sp³-hybridized carbons (Fsp3) is 0.235. The summed E-state index contributed by atoms with van der Waals surface area (Å²) in [6.07, 6.45) is 1.11. The third-order valence-corrected chi connectivity index (χ3v) is 3.87. The zero-order valence-corrected chi connectivity index (χ0v) is 13.3. The summed E-state index contributed by atoms with van der Waals surface area (Å²) >= 11 is 3.43. The van der Waals surface area contributed by atoms with Gasteiger partial charge < -0.3 is 10.1 Å². The quantitative estimate of drug-likeness (QED) is 0.915. The molecule has 108 valence electrons. The molecular formula is C17H17BrN2O. The van der Waals surface area contributed by atoms with Gasteiger partial charge in [-0.3, -0.25) is 4.99 Å². The molecule has 0 saturated carbocycles. The second-order valence-corrected chi connectivity index (χ2v) is 5.87. The second-order valence-electron chi connectivity index (χ2n) is 4.95. The number of aliphatic imine (C=N–C) groups is 1. The van der Waals surface area contributed by atoms with Crippen molar-refractivity contribution in [3.63, 3.8) is 0 Å². The van der Waals surface area contributed by atoms with Gasteiger partial charge in [-0.25, -0.2) is 0 Å². The van der Waals surface area contributed by atoms with Crippen LogP contribution in [0.15, 0.2) is 58.0 Å². The van der Waals surface area contributed by atoms with E-state index >= 15 is 0 Å². The van der Waals surface area contributed by atoms with Gasteiger partial charge in [0, 0.05) is 23.1 Å². The molecule has 1 N–H and O–H groups in total. The first-order valence-corrected chi connectivity index (χ1v) is 7.86. The molecule has 0 radical (unpaired) electrons. The topological polar surface area (TPSA) is 33.6 Å². The van der Waals surface area contributed by atoms with Crippen molar-refractivity contribution < 1.29 is 4.74 Å². The fourth-order valence-corrected chi connectivity index (χ4v) is 2.45. The largest absolute Gasteiger partial charge is 0.489 e. The third kappa shape index (κ3) is 3.85. The third-order valence-electron chi connectivity index (χ3n) is 3.34. The Balaban J connectivity index is 1.61. The van der Waals surface area contributed by atoms with Crippen LogP contribution in [0.25, 0.3) is 0 Å². The molecule has 0 saturated heterocycles. The normalized spacial score (nSPS) is 14.2. The van der Waals surface area contributed by atoms with Crippen LogP contribution in [-0.2, 0) is 6.61 Å². The SMILES string of the molecule is Brc1ccc(COc2ccc(C3=NCCCN3)cc2)cc1. The summed E-state index contributed by atoms with van der Waals surface area (Å²) in [5, 5.41) is 3.32. The van der Waals surface area contributed by atoms with Gasteiger partial charge in [0.15, 0.2) is 0 Å². The molecule has 21 heavy (non-hydrogen) atoms. The standard InChI is InChI=1S/C17H17BrN2O/c18-15-6-2-13(3-7-15)12-21-16-8-4-14(5-9-16)17-19-10-1-11-20-17/h2-9H,1,10-12H2,(H,19,20). The van der Waals surface area contributed by atoms with Gasteiger partial charge in [-0.1, -0.05) is 28.1 Å². The maximum Gasteiger partial charge on any atom is 0.128 e. The molecule has 0 fully saturated rings. The fourth-order valence-electron chi connectivity index (χ4n) is 2.18. The van der Waals surface area contributed by atoms with E-state index in [4.69, 9.17) is 4.74 Å². The highest BCUT2D eigenvalue weighted by atomic mass is 79.9. The van der Waals surface area contributed by atoms with Crippen molar-refractivity contribution in [3.05, 3.63) is 64.1 Å². The van der Waals surface area contributed by atoms with E-state index in [1.54, 1.807) is 0 Å². The molecule has 0 unspecified atom stereocenters. The van der Waals surface area contributed by atoms with Gasteiger partial charge in [0.2, 0.25) is 0 Å². The summed E-state index contributed by atoms with van der Waals surface area (Å²) in [5.41, 5.74) is 2.27. The van der Waals surface area contributed by atoms with Crippen LogP contribution in [-0.4, -0.2) is 18.9 Å². The van der Waals surface area contributed by atoms with Crippen molar-refractivity contribution in [2.75, 3.05) is 13.1 Å². The Labute approximate surface area is 133 Å². The molecule has 0 aliphatic carbocycles. The lowest BCUT2D eigenvalue weighted by molar-refractivity contribution is 0.306. The van der Waals surface area contributed by atoms with Gasteiger partial charge in [-0.15, -0.1) is 0 Å². The van der Waals surface area contributed by atoms with E-state index < -0.39 is 0 Å². The van der Waals surface area contributed by atoms with Crippen LogP contribution >= 0.6 is 15.9 Å². The first-order valence-electron chi connectivity index (χ1n) is 7.07. The van der Waals surface area contributed by atoms with E-state index in [-0.39, 0.29) is 0 Å². The molecule has 2 aromatic carbocycles. The molecule has 1 heterocycles. The van der Waals surface area contributed by atoms with E-state index in [0.29, 0.717) is 6.61 Å². The van der Waals surface area contributed by atoms with Gasteiger partial charge in [0.05, 0.1) is 0 Å². The van der Waals surface area contributed by atoms with E-state index in [9.17, 15) is 0 Å². The highest BCUT2D eigenvalue weighted by molar-refractivity contribution is 9.10. The Morgan fingerprint density at radius 3 is 2.48 bits per heavy atom. The summed E-state index contributed by atoms with van der Waals surface area (Å²) in [4.78, 5) is 4.49. The lowest BCUT2D eigenvalue weighted by atomic mass is 10.1. The van der Waals surface area contributed by atoms with Crippen LogP contribution in [0.4, 0.5) is 0 Å². The Hall–Kier alpha value is -1.81. The highest BCUT2D eigenvalue weighted by Crippen LogP contribution is 2.16. The van der Waals surface area contributed by atoms with E-state index in [1.165, 1.54) is 0 Å². The smallest absolute Gasteiger partial charge is 0.128 e. The Kier molecular flexibility index (Phi) is 4.55. The van der Waals surface area contributed by atoms with Crippen LogP contribution < -0.4 is 10.1 Å². The monoisotopic (exact) mass is 344 g/mol. The minimum Gasteiger partial charge on any atom is -0.489 e. The van der Waals surface area contributed by atoms with Crippen LogP contribution in [0, 0.1) is 0 Å². The van der Waals surface area contributed by atoms with Crippen molar-refractivity contribution in [3.8, 4) is 5.75 Å². The molecule has 1 aliphatic rings. The van der Waals surface area contributed by atoms with Crippen LogP contribution in [0.3, 0.4) is 0 Å². The van der Waals surface area contributed by atoms with E-state index in [0.717, 1.165) is 46.7 Å². The molecule has 1 aliphatic heterocycles. The number of amidine groups is 1. The molecule has 0 bridgehead atoms. The molecule has 2 aromatic rings. The summed E-state index contributed by atoms with van der Waals surface area (Å²) in [6.45, 7) is 2.48. The van der Waals surface area contributed by atoms with Gasteiger partial charge in [0.25, 0.3) is 0 Å². The molecule has 3 nitrogen and oxygen atoms in total. The number of nitrogens with zero attached hydrogens (tertiary/aromatic N) is 1. The summed E-state index contributed by atoms with van der Waals surface area (Å²) in [7, 11) is 0. The summed E-state index contributed by atoms with van der Waals surface area (Å²) < 4.78 is 6.88. The molecule has 4 heteroatoms. The van der Waals surface area contributed by atoms with Gasteiger partial charge >= 0.3 is 0 Å². The molecule has 0 atom stereocenters. The van der Waals surface area contributed by atoms with Gasteiger partial charge in [0.1, 0.15) is 18.2 Å². The number of halogens is 1. The Morgan fingerprint density at radius 1 is 1.05 bits per heavy atom. The van der Waals surface area contributed by atoms with Crippen molar-refractivity contribution in [1.29, 1.82) is 0 Å². The van der Waals surface area contributed by atoms with Crippen LogP contribution in [0.5, 0.6) is 5.75 Å². The van der Waals surface area contributed by atoms with Crippen molar-refractivity contribution >= 4 is 21.8 Å². The predicted octanol–water partition coefficient (Wildman–Crippen LogP) is 3.77. The minimum atomic E-state index is 0.575. The number of nitrogens with one attached hydrogen (secondary N) is 1. The number of benzene rings is 2. The van der Waals surface area contributed by atoms with Gasteiger partial charge in [-0.2, -0.15) is 0 Å². The summed E-state index contributed by atoms with van der Waals surface area (Å²) in [6, 6.07) is 16.2. The van der Waals surface area contributed by atoms with Crippen molar-refractivity contribution in [2.45, 2.75) is 13.0 Å². The minimum absolute atomic E-state index is 0.575. The number of ether oxygens (including phenoxy) is 1. The van der Waals surface area contributed by atoms with Gasteiger partial charge in [-0.05, 0) is 48.4 Å². The maximum atomic E-state index is 5.80. The maximum absolute atomic E-state index is 5.80. The zero-order chi connectivity index (χ0) is 14.5. The number of hydrogen-bond donors (Lipinski definition) is 1.